The Bertz CT molecular complexity index is 213. The summed E-state index contributed by atoms with van der Waals surface area (Å²) < 4.78 is 10.1. The van der Waals surface area contributed by atoms with Crippen molar-refractivity contribution >= 4 is 17.6 Å². The van der Waals surface area contributed by atoms with Crippen LogP contribution in [0.15, 0.2) is 11.8 Å². The molecule has 0 spiro atoms. The van der Waals surface area contributed by atoms with Crippen LogP contribution < -0.4 is 0 Å². The molecule has 1 aliphatic heterocycles. The number of hydrogen-bond donors (Lipinski definition) is 0. The summed E-state index contributed by atoms with van der Waals surface area (Å²) in [5, 5.41) is 0. The van der Waals surface area contributed by atoms with Gasteiger partial charge in [0.2, 0.25) is 0 Å². The molecule has 0 N–H and O–H groups in total. The number of hydrogen-bond acceptors (Lipinski definition) is 3. The van der Waals surface area contributed by atoms with Crippen molar-refractivity contribution in [1.82, 2.24) is 0 Å². The van der Waals surface area contributed by atoms with Crippen LogP contribution in [0.3, 0.4) is 0 Å². The van der Waals surface area contributed by atoms with E-state index in [1.165, 1.54) is 6.08 Å². The molecule has 0 saturated carbocycles. The molecule has 0 aromatic rings. The van der Waals surface area contributed by atoms with Crippen molar-refractivity contribution in [3.63, 3.8) is 0 Å². The van der Waals surface area contributed by atoms with E-state index < -0.39 is 0 Å². The highest BCUT2D eigenvalue weighted by Crippen LogP contribution is 2.23. The van der Waals surface area contributed by atoms with Gasteiger partial charge in [0.15, 0.2) is 0 Å². The zero-order valence-corrected chi connectivity index (χ0v) is 8.34. The van der Waals surface area contributed by atoms with Gasteiger partial charge in [-0.2, -0.15) is 0 Å². The van der Waals surface area contributed by atoms with Crippen molar-refractivity contribution in [2.75, 3.05) is 12.5 Å². The van der Waals surface area contributed by atoms with Crippen LogP contribution in [0.25, 0.3) is 0 Å². The molecular formula is C9H13ClO3. The van der Waals surface area contributed by atoms with Gasteiger partial charge in [-0.1, -0.05) is 0 Å². The first-order valence-electron chi connectivity index (χ1n) is 4.36. The van der Waals surface area contributed by atoms with Crippen molar-refractivity contribution in [2.45, 2.75) is 25.9 Å². The molecule has 1 saturated heterocycles. The summed E-state index contributed by atoms with van der Waals surface area (Å²) in [5.74, 6) is 0.817. The fourth-order valence-corrected chi connectivity index (χ4v) is 1.38. The Morgan fingerprint density at radius 2 is 2.62 bits per heavy atom. The molecular weight excluding hydrogens is 192 g/mol. The third-order valence-corrected chi connectivity index (χ3v) is 2.11. The SMILES string of the molecule is CCOC(=O)/C=C1\CCC(CCl)O1. The number of halogens is 1. The van der Waals surface area contributed by atoms with Gasteiger partial charge in [-0.05, 0) is 13.3 Å². The van der Waals surface area contributed by atoms with E-state index in [0.29, 0.717) is 18.2 Å². The molecule has 3 nitrogen and oxygen atoms in total. The molecule has 1 aliphatic rings. The van der Waals surface area contributed by atoms with E-state index in [1.54, 1.807) is 6.92 Å². The molecule has 0 radical (unpaired) electrons. The highest BCUT2D eigenvalue weighted by atomic mass is 35.5. The standard InChI is InChI=1S/C9H13ClO3/c1-2-12-9(11)5-7-3-4-8(6-10)13-7/h5,8H,2-4,6H2,1H3/b7-5+. The quantitative estimate of drug-likeness (QED) is 0.400. The van der Waals surface area contributed by atoms with Gasteiger partial charge in [-0.3, -0.25) is 0 Å². The van der Waals surface area contributed by atoms with E-state index in [9.17, 15) is 4.79 Å². The predicted octanol–water partition coefficient (Wildman–Crippen LogP) is 1.85. The van der Waals surface area contributed by atoms with Crippen molar-refractivity contribution in [3.05, 3.63) is 11.8 Å². The molecule has 0 aromatic carbocycles. The summed E-state index contributed by atoms with van der Waals surface area (Å²) in [5.41, 5.74) is 0. The molecule has 0 aromatic heterocycles. The molecule has 1 heterocycles. The Morgan fingerprint density at radius 3 is 3.15 bits per heavy atom. The Morgan fingerprint density at radius 1 is 1.85 bits per heavy atom. The first-order valence-corrected chi connectivity index (χ1v) is 4.89. The predicted molar refractivity (Wildman–Crippen MR) is 49.5 cm³/mol. The smallest absolute Gasteiger partial charge is 0.334 e. The van der Waals surface area contributed by atoms with Gasteiger partial charge in [-0.15, -0.1) is 11.6 Å². The number of allylic oxidation sites excluding steroid dienone is 1. The second-order valence-electron chi connectivity index (χ2n) is 2.80. The summed E-state index contributed by atoms with van der Waals surface area (Å²) in [4.78, 5) is 11.0. The zero-order chi connectivity index (χ0) is 9.68. The van der Waals surface area contributed by atoms with Crippen LogP contribution in [0.5, 0.6) is 0 Å². The van der Waals surface area contributed by atoms with E-state index in [4.69, 9.17) is 21.1 Å². The number of alkyl halides is 1. The van der Waals surface area contributed by atoms with Gasteiger partial charge in [0.1, 0.15) is 11.9 Å². The number of carbonyl (C=O) groups is 1. The molecule has 1 rings (SSSR count). The third-order valence-electron chi connectivity index (χ3n) is 1.77. The Labute approximate surface area is 82.7 Å². The van der Waals surface area contributed by atoms with Gasteiger partial charge >= 0.3 is 5.97 Å². The highest BCUT2D eigenvalue weighted by Gasteiger charge is 2.20. The van der Waals surface area contributed by atoms with Gasteiger partial charge in [-0.25, -0.2) is 4.79 Å². The first-order chi connectivity index (χ1) is 6.26. The fraction of sp³-hybridized carbons (Fsp3) is 0.667. The molecule has 13 heavy (non-hydrogen) atoms. The Kier molecular flexibility index (Phi) is 4.09. The molecule has 1 fully saturated rings. The number of ether oxygens (including phenoxy) is 2. The second kappa shape index (κ2) is 5.12. The third kappa shape index (κ3) is 3.27. The average Bonchev–Trinajstić information content (AvgIpc) is 2.52. The van der Waals surface area contributed by atoms with Gasteiger partial charge in [0.25, 0.3) is 0 Å². The molecule has 0 bridgehead atoms. The number of esters is 1. The maximum Gasteiger partial charge on any atom is 0.334 e. The van der Waals surface area contributed by atoms with E-state index in [2.05, 4.69) is 0 Å². The maximum absolute atomic E-state index is 11.0. The maximum atomic E-state index is 11.0. The van der Waals surface area contributed by atoms with Crippen LogP contribution >= 0.6 is 11.6 Å². The van der Waals surface area contributed by atoms with Gasteiger partial charge < -0.3 is 9.47 Å². The van der Waals surface area contributed by atoms with E-state index >= 15 is 0 Å². The second-order valence-corrected chi connectivity index (χ2v) is 3.10. The number of rotatable bonds is 3. The minimum Gasteiger partial charge on any atom is -0.493 e. The summed E-state index contributed by atoms with van der Waals surface area (Å²) >= 11 is 5.60. The summed E-state index contributed by atoms with van der Waals surface area (Å²) in [6.07, 6.45) is 3.11. The lowest BCUT2D eigenvalue weighted by Gasteiger charge is -2.05. The van der Waals surface area contributed by atoms with Crippen molar-refractivity contribution in [2.24, 2.45) is 0 Å². The molecule has 1 unspecified atom stereocenters. The van der Waals surface area contributed by atoms with Crippen molar-refractivity contribution in [3.8, 4) is 0 Å². The highest BCUT2D eigenvalue weighted by molar-refractivity contribution is 6.18. The normalized spacial score (nSPS) is 24.5. The minimum absolute atomic E-state index is 0.0577. The molecule has 74 valence electrons. The molecule has 4 heteroatoms. The average molecular weight is 205 g/mol. The molecule has 0 amide bonds. The lowest BCUT2D eigenvalue weighted by Crippen LogP contribution is -2.06. The zero-order valence-electron chi connectivity index (χ0n) is 7.59. The first kappa shape index (κ1) is 10.4. The molecule has 1 atom stereocenters. The van der Waals surface area contributed by atoms with E-state index in [1.807, 2.05) is 0 Å². The van der Waals surface area contributed by atoms with Crippen LogP contribution in [0.4, 0.5) is 0 Å². The van der Waals surface area contributed by atoms with Crippen LogP contribution in [-0.4, -0.2) is 24.6 Å². The topological polar surface area (TPSA) is 35.5 Å². The fourth-order valence-electron chi connectivity index (χ4n) is 1.17. The van der Waals surface area contributed by atoms with Crippen molar-refractivity contribution in [1.29, 1.82) is 0 Å². The van der Waals surface area contributed by atoms with E-state index in [-0.39, 0.29) is 12.1 Å². The summed E-state index contributed by atoms with van der Waals surface area (Å²) in [6.45, 7) is 2.16. The summed E-state index contributed by atoms with van der Waals surface area (Å²) in [6, 6.07) is 0. The monoisotopic (exact) mass is 204 g/mol. The molecule has 0 aliphatic carbocycles. The van der Waals surface area contributed by atoms with E-state index in [0.717, 1.165) is 12.8 Å². The lowest BCUT2D eigenvalue weighted by atomic mass is 10.2. The van der Waals surface area contributed by atoms with Gasteiger partial charge in [0, 0.05) is 6.42 Å². The van der Waals surface area contributed by atoms with Crippen LogP contribution in [-0.2, 0) is 14.3 Å². The van der Waals surface area contributed by atoms with Gasteiger partial charge in [0.05, 0.1) is 18.6 Å². The summed E-state index contributed by atoms with van der Waals surface area (Å²) in [7, 11) is 0. The largest absolute Gasteiger partial charge is 0.493 e. The number of carbonyl (C=O) groups excluding carboxylic acids is 1. The Balaban J connectivity index is 2.40. The van der Waals surface area contributed by atoms with Crippen LogP contribution in [0, 0.1) is 0 Å². The van der Waals surface area contributed by atoms with Crippen molar-refractivity contribution < 1.29 is 14.3 Å². The lowest BCUT2D eigenvalue weighted by molar-refractivity contribution is -0.137. The van der Waals surface area contributed by atoms with Crippen LogP contribution in [0.1, 0.15) is 19.8 Å². The minimum atomic E-state index is -0.340. The van der Waals surface area contributed by atoms with Crippen LogP contribution in [0.2, 0.25) is 0 Å². The Hall–Kier alpha value is -0.700.